The van der Waals surface area contributed by atoms with Crippen molar-refractivity contribution in [2.45, 2.75) is 66.8 Å². The highest BCUT2D eigenvalue weighted by Crippen LogP contribution is 2.20. The molecule has 0 radical (unpaired) electrons. The number of esters is 1. The first kappa shape index (κ1) is 22.6. The summed E-state index contributed by atoms with van der Waals surface area (Å²) in [5.74, 6) is -0.169. The van der Waals surface area contributed by atoms with Crippen LogP contribution < -0.4 is 11.1 Å². The van der Waals surface area contributed by atoms with Crippen LogP contribution in [-0.4, -0.2) is 18.6 Å². The molecule has 0 saturated carbocycles. The maximum absolute atomic E-state index is 11.5. The first-order valence-corrected chi connectivity index (χ1v) is 8.44. The Morgan fingerprint density at radius 1 is 1.18 bits per heavy atom. The van der Waals surface area contributed by atoms with E-state index in [9.17, 15) is 4.79 Å². The van der Waals surface area contributed by atoms with Crippen LogP contribution >= 0.6 is 0 Å². The fraction of sp³-hybridized carbons (Fsp3) is 0.611. The Labute approximate surface area is 136 Å². The maximum Gasteiger partial charge on any atom is 0.307 e. The van der Waals surface area contributed by atoms with Crippen molar-refractivity contribution in [2.24, 2.45) is 0 Å². The number of rotatable bonds is 7. The van der Waals surface area contributed by atoms with Gasteiger partial charge >= 0.3 is 5.97 Å². The number of nitrogens with one attached hydrogen (secondary N) is 1. The molecule has 1 aromatic carbocycles. The fourth-order valence-electron chi connectivity index (χ4n) is 1.84. The van der Waals surface area contributed by atoms with E-state index in [-0.39, 0.29) is 12.0 Å². The highest BCUT2D eigenvalue weighted by atomic mass is 16.5. The number of nitrogens with two attached hydrogens (primary N) is 1. The van der Waals surface area contributed by atoms with Crippen molar-refractivity contribution in [2.75, 3.05) is 17.7 Å². The summed E-state index contributed by atoms with van der Waals surface area (Å²) in [4.78, 5) is 11.5. The van der Waals surface area contributed by atoms with E-state index < -0.39 is 0 Å². The lowest BCUT2D eigenvalue weighted by Gasteiger charge is -2.19. The van der Waals surface area contributed by atoms with Gasteiger partial charge in [0.1, 0.15) is 0 Å². The second-order valence-corrected chi connectivity index (χ2v) is 4.23. The Bertz CT molecular complexity index is 381. The average molecular weight is 310 g/mol. The van der Waals surface area contributed by atoms with E-state index in [0.29, 0.717) is 18.7 Å². The second kappa shape index (κ2) is 15.7. The molecule has 1 unspecified atom stereocenters. The van der Waals surface area contributed by atoms with E-state index in [4.69, 9.17) is 10.5 Å². The van der Waals surface area contributed by atoms with Gasteiger partial charge in [-0.2, -0.15) is 0 Å². The quantitative estimate of drug-likeness (QED) is 0.558. The predicted octanol–water partition coefficient (Wildman–Crippen LogP) is 4.86. The van der Waals surface area contributed by atoms with Gasteiger partial charge < -0.3 is 15.8 Å². The van der Waals surface area contributed by atoms with Crippen molar-refractivity contribution in [3.63, 3.8) is 0 Å². The summed E-state index contributed by atoms with van der Waals surface area (Å²) in [6.45, 7) is 12.3. The zero-order valence-electron chi connectivity index (χ0n) is 15.1. The van der Waals surface area contributed by atoms with Crippen molar-refractivity contribution >= 4 is 17.3 Å². The van der Waals surface area contributed by atoms with Gasteiger partial charge in [0.15, 0.2) is 0 Å². The molecule has 0 saturated heterocycles. The van der Waals surface area contributed by atoms with Crippen LogP contribution in [0.25, 0.3) is 0 Å². The summed E-state index contributed by atoms with van der Waals surface area (Å²) in [5, 5.41) is 3.31. The van der Waals surface area contributed by atoms with E-state index in [1.165, 1.54) is 0 Å². The molecule has 0 aliphatic carbocycles. The van der Waals surface area contributed by atoms with Crippen LogP contribution in [0.2, 0.25) is 0 Å². The molecule has 0 aromatic heterocycles. The second-order valence-electron chi connectivity index (χ2n) is 4.23. The normalized spacial score (nSPS) is 10.3. The third-order valence-electron chi connectivity index (χ3n) is 2.68. The molecule has 0 amide bonds. The Balaban J connectivity index is 0. The van der Waals surface area contributed by atoms with Crippen LogP contribution in [0.3, 0.4) is 0 Å². The van der Waals surface area contributed by atoms with Gasteiger partial charge in [-0.15, -0.1) is 0 Å². The maximum atomic E-state index is 11.5. The summed E-state index contributed by atoms with van der Waals surface area (Å²) in [6.07, 6.45) is 2.28. The van der Waals surface area contributed by atoms with Gasteiger partial charge in [0, 0.05) is 6.04 Å². The number of nitrogen functional groups attached to an aromatic ring is 1. The number of ether oxygens (including phenoxy) is 1. The highest BCUT2D eigenvalue weighted by Gasteiger charge is 2.14. The SMILES string of the molecule is CC.CC.CCCC(CC(=O)OCC)Nc1ccccc1N. The average Bonchev–Trinajstić information content (AvgIpc) is 2.54. The molecule has 3 N–H and O–H groups in total. The number of carbonyl (C=O) groups excluding carboxylic acids is 1. The molecule has 1 aromatic rings. The fourth-order valence-corrected chi connectivity index (χ4v) is 1.84. The molecule has 1 atom stereocenters. The zero-order valence-corrected chi connectivity index (χ0v) is 15.1. The number of benzene rings is 1. The molecule has 0 spiro atoms. The van der Waals surface area contributed by atoms with Crippen molar-refractivity contribution < 1.29 is 9.53 Å². The van der Waals surface area contributed by atoms with Gasteiger partial charge in [0.05, 0.1) is 24.4 Å². The monoisotopic (exact) mass is 310 g/mol. The minimum atomic E-state index is -0.169. The van der Waals surface area contributed by atoms with Crippen molar-refractivity contribution in [1.29, 1.82) is 0 Å². The number of hydrogen-bond donors (Lipinski definition) is 2. The number of para-hydroxylation sites is 2. The largest absolute Gasteiger partial charge is 0.466 e. The molecule has 0 aliphatic rings. The Kier molecular flexibility index (Phi) is 16.1. The lowest BCUT2D eigenvalue weighted by molar-refractivity contribution is -0.143. The first-order valence-electron chi connectivity index (χ1n) is 8.44. The lowest BCUT2D eigenvalue weighted by atomic mass is 10.1. The molecule has 128 valence electrons. The van der Waals surface area contributed by atoms with Crippen LogP contribution in [0.15, 0.2) is 24.3 Å². The summed E-state index contributed by atoms with van der Waals surface area (Å²) in [6, 6.07) is 7.64. The van der Waals surface area contributed by atoms with Crippen molar-refractivity contribution in [3.05, 3.63) is 24.3 Å². The molecule has 4 heteroatoms. The van der Waals surface area contributed by atoms with Gasteiger partial charge in [0.2, 0.25) is 0 Å². The van der Waals surface area contributed by atoms with Gasteiger partial charge in [-0.05, 0) is 25.5 Å². The molecule has 0 bridgehead atoms. The van der Waals surface area contributed by atoms with Crippen LogP contribution in [0.4, 0.5) is 11.4 Å². The van der Waals surface area contributed by atoms with Crippen LogP contribution in [0.5, 0.6) is 0 Å². The summed E-state index contributed by atoms with van der Waals surface area (Å²) < 4.78 is 4.98. The first-order chi connectivity index (χ1) is 10.7. The van der Waals surface area contributed by atoms with Crippen LogP contribution in [0.1, 0.15) is 60.8 Å². The topological polar surface area (TPSA) is 64.3 Å². The van der Waals surface area contributed by atoms with Crippen molar-refractivity contribution in [1.82, 2.24) is 0 Å². The molecule has 0 fully saturated rings. The van der Waals surface area contributed by atoms with Crippen molar-refractivity contribution in [3.8, 4) is 0 Å². The summed E-state index contributed by atoms with van der Waals surface area (Å²) in [7, 11) is 0. The van der Waals surface area contributed by atoms with E-state index in [2.05, 4.69) is 12.2 Å². The number of carbonyl (C=O) groups is 1. The summed E-state index contributed by atoms with van der Waals surface area (Å²) in [5.41, 5.74) is 7.45. The van der Waals surface area contributed by atoms with Crippen LogP contribution in [0, 0.1) is 0 Å². The lowest BCUT2D eigenvalue weighted by Crippen LogP contribution is -2.24. The van der Waals surface area contributed by atoms with E-state index in [1.54, 1.807) is 0 Å². The zero-order chi connectivity index (χ0) is 17.4. The Morgan fingerprint density at radius 2 is 1.77 bits per heavy atom. The smallest absolute Gasteiger partial charge is 0.307 e. The highest BCUT2D eigenvalue weighted by molar-refractivity contribution is 5.72. The standard InChI is InChI=1S/C14H22N2O2.2C2H6/c1-3-7-11(10-14(17)18-4-2)16-13-9-6-5-8-12(13)15;2*1-2/h5-6,8-9,11,16H,3-4,7,10,15H2,1-2H3;2*1-2H3. The van der Waals surface area contributed by atoms with E-state index in [1.807, 2.05) is 58.9 Å². The van der Waals surface area contributed by atoms with E-state index in [0.717, 1.165) is 18.5 Å². The predicted molar refractivity (Wildman–Crippen MR) is 97.1 cm³/mol. The Hall–Kier alpha value is -1.71. The molecule has 0 aliphatic heterocycles. The molecular weight excluding hydrogens is 276 g/mol. The molecule has 4 nitrogen and oxygen atoms in total. The van der Waals surface area contributed by atoms with Gasteiger partial charge in [0.25, 0.3) is 0 Å². The molecule has 1 rings (SSSR count). The van der Waals surface area contributed by atoms with Gasteiger partial charge in [-0.25, -0.2) is 0 Å². The minimum absolute atomic E-state index is 0.0683. The third-order valence-corrected chi connectivity index (χ3v) is 2.68. The van der Waals surface area contributed by atoms with Gasteiger partial charge in [-0.1, -0.05) is 53.2 Å². The molecule has 0 heterocycles. The van der Waals surface area contributed by atoms with E-state index >= 15 is 0 Å². The molecule has 22 heavy (non-hydrogen) atoms. The number of anilines is 2. The molecular formula is C18H34N2O2. The van der Waals surface area contributed by atoms with Crippen LogP contribution in [-0.2, 0) is 9.53 Å². The minimum Gasteiger partial charge on any atom is -0.466 e. The third kappa shape index (κ3) is 10.1. The van der Waals surface area contributed by atoms with Gasteiger partial charge in [-0.3, -0.25) is 4.79 Å². The Morgan fingerprint density at radius 3 is 2.27 bits per heavy atom. The number of hydrogen-bond acceptors (Lipinski definition) is 4. The summed E-state index contributed by atoms with van der Waals surface area (Å²) >= 11 is 0.